The Morgan fingerprint density at radius 1 is 1.17 bits per heavy atom. The first kappa shape index (κ1) is 14.0. The minimum atomic E-state index is -0.327. The van der Waals surface area contributed by atoms with Crippen molar-refractivity contribution in [2.24, 2.45) is 0 Å². The molecule has 4 heteroatoms. The van der Waals surface area contributed by atoms with Gasteiger partial charge in [-0.15, -0.1) is 0 Å². The van der Waals surface area contributed by atoms with E-state index in [1.54, 1.807) is 17.9 Å². The van der Waals surface area contributed by atoms with E-state index in [4.69, 9.17) is 4.42 Å². The highest BCUT2D eigenvalue weighted by atomic mass is 19.1. The summed E-state index contributed by atoms with van der Waals surface area (Å²) in [6.07, 6.45) is 0.843. The molecule has 0 radical (unpaired) electrons. The highest BCUT2D eigenvalue weighted by Gasteiger charge is 2.26. The number of carbonyl (C=O) groups is 1. The predicted octanol–water partition coefficient (Wildman–Crippen LogP) is 4.08. The van der Waals surface area contributed by atoms with Crippen molar-refractivity contribution in [2.75, 3.05) is 6.54 Å². The van der Waals surface area contributed by atoms with E-state index >= 15 is 0 Å². The number of amides is 1. The summed E-state index contributed by atoms with van der Waals surface area (Å²) in [6.45, 7) is 3.05. The van der Waals surface area contributed by atoms with E-state index in [1.165, 1.54) is 23.3 Å². The van der Waals surface area contributed by atoms with Crippen LogP contribution in [0.3, 0.4) is 0 Å². The van der Waals surface area contributed by atoms with Gasteiger partial charge in [-0.2, -0.15) is 0 Å². The van der Waals surface area contributed by atoms with Gasteiger partial charge in [-0.25, -0.2) is 4.39 Å². The largest absolute Gasteiger partial charge is 0.451 e. The number of benzene rings is 2. The van der Waals surface area contributed by atoms with Crippen LogP contribution < -0.4 is 0 Å². The van der Waals surface area contributed by atoms with Crippen molar-refractivity contribution in [3.05, 3.63) is 70.7 Å². The maximum Gasteiger partial charge on any atom is 0.290 e. The SMILES string of the molecule is Cc1c(C(=O)N2CCc3ccccc3C2)oc2ccc(F)cc12. The predicted molar refractivity (Wildman–Crippen MR) is 85.8 cm³/mol. The van der Waals surface area contributed by atoms with Gasteiger partial charge in [0.05, 0.1) is 0 Å². The van der Waals surface area contributed by atoms with Crippen LogP contribution in [0.25, 0.3) is 11.0 Å². The standard InChI is InChI=1S/C19H16FNO2/c1-12-16-10-15(20)6-7-17(16)23-18(12)19(22)21-9-8-13-4-2-3-5-14(13)11-21/h2-7,10H,8-9,11H2,1H3. The van der Waals surface area contributed by atoms with Gasteiger partial charge < -0.3 is 9.32 Å². The van der Waals surface area contributed by atoms with Crippen LogP contribution >= 0.6 is 0 Å². The van der Waals surface area contributed by atoms with Crippen LogP contribution in [0.15, 0.2) is 46.9 Å². The maximum atomic E-state index is 13.4. The van der Waals surface area contributed by atoms with E-state index in [0.717, 1.165) is 6.42 Å². The number of carbonyl (C=O) groups excluding carboxylic acids is 1. The second-order valence-corrected chi connectivity index (χ2v) is 5.94. The summed E-state index contributed by atoms with van der Waals surface area (Å²) in [6, 6.07) is 12.5. The fourth-order valence-corrected chi connectivity index (χ4v) is 3.21. The molecule has 0 N–H and O–H groups in total. The lowest BCUT2D eigenvalue weighted by atomic mass is 9.99. The second kappa shape index (κ2) is 5.23. The van der Waals surface area contributed by atoms with Crippen LogP contribution in [0.2, 0.25) is 0 Å². The molecule has 0 saturated heterocycles. The molecule has 0 unspecified atom stereocenters. The first-order valence-electron chi connectivity index (χ1n) is 7.68. The van der Waals surface area contributed by atoms with Crippen molar-refractivity contribution in [2.45, 2.75) is 19.9 Å². The van der Waals surface area contributed by atoms with Gasteiger partial charge in [-0.05, 0) is 42.7 Å². The van der Waals surface area contributed by atoms with Gasteiger partial charge >= 0.3 is 0 Å². The molecule has 3 nitrogen and oxygen atoms in total. The van der Waals surface area contributed by atoms with Gasteiger partial charge in [0.1, 0.15) is 11.4 Å². The molecule has 1 aromatic heterocycles. The first-order valence-corrected chi connectivity index (χ1v) is 7.68. The normalized spacial score (nSPS) is 14.1. The molecule has 3 aromatic rings. The lowest BCUT2D eigenvalue weighted by molar-refractivity contribution is 0.0704. The molecule has 2 heterocycles. The number of halogens is 1. The molecule has 2 aromatic carbocycles. The Morgan fingerprint density at radius 2 is 1.96 bits per heavy atom. The number of nitrogens with zero attached hydrogens (tertiary/aromatic N) is 1. The quantitative estimate of drug-likeness (QED) is 0.678. The molecular formula is C19H16FNO2. The van der Waals surface area contributed by atoms with E-state index < -0.39 is 0 Å². The monoisotopic (exact) mass is 309 g/mol. The summed E-state index contributed by atoms with van der Waals surface area (Å²) < 4.78 is 19.1. The molecule has 0 aliphatic carbocycles. The third kappa shape index (κ3) is 2.31. The third-order valence-electron chi connectivity index (χ3n) is 4.51. The molecule has 1 aliphatic heterocycles. The van der Waals surface area contributed by atoms with Crippen molar-refractivity contribution in [3.8, 4) is 0 Å². The number of hydrogen-bond acceptors (Lipinski definition) is 2. The lowest BCUT2D eigenvalue weighted by Gasteiger charge is -2.28. The highest BCUT2D eigenvalue weighted by molar-refractivity contribution is 5.99. The smallest absolute Gasteiger partial charge is 0.290 e. The fourth-order valence-electron chi connectivity index (χ4n) is 3.21. The van der Waals surface area contributed by atoms with Crippen LogP contribution in [0.1, 0.15) is 27.2 Å². The van der Waals surface area contributed by atoms with Gasteiger partial charge in [0.2, 0.25) is 0 Å². The van der Waals surface area contributed by atoms with Crippen molar-refractivity contribution in [1.29, 1.82) is 0 Å². The van der Waals surface area contributed by atoms with E-state index in [0.29, 0.717) is 35.4 Å². The Balaban J connectivity index is 1.69. The van der Waals surface area contributed by atoms with Crippen LogP contribution in [0, 0.1) is 12.7 Å². The fraction of sp³-hybridized carbons (Fsp3) is 0.211. The van der Waals surface area contributed by atoms with Crippen LogP contribution in [-0.4, -0.2) is 17.4 Å². The number of aryl methyl sites for hydroxylation is 1. The molecule has 1 aliphatic rings. The second-order valence-electron chi connectivity index (χ2n) is 5.94. The number of rotatable bonds is 1. The van der Waals surface area contributed by atoms with Crippen molar-refractivity contribution >= 4 is 16.9 Å². The molecule has 0 atom stereocenters. The molecule has 0 bridgehead atoms. The van der Waals surface area contributed by atoms with Gasteiger partial charge in [0.25, 0.3) is 5.91 Å². The van der Waals surface area contributed by atoms with E-state index in [9.17, 15) is 9.18 Å². The zero-order valence-electron chi connectivity index (χ0n) is 12.8. The summed E-state index contributed by atoms with van der Waals surface area (Å²) in [5.74, 6) is -0.147. The lowest BCUT2D eigenvalue weighted by Crippen LogP contribution is -2.36. The molecule has 0 spiro atoms. The zero-order valence-corrected chi connectivity index (χ0v) is 12.8. The van der Waals surface area contributed by atoms with Gasteiger partial charge in [-0.3, -0.25) is 4.79 Å². The number of fused-ring (bicyclic) bond motifs is 2. The molecule has 23 heavy (non-hydrogen) atoms. The number of furan rings is 1. The van der Waals surface area contributed by atoms with Crippen LogP contribution in [0.4, 0.5) is 4.39 Å². The Kier molecular flexibility index (Phi) is 3.18. The zero-order chi connectivity index (χ0) is 16.0. The summed E-state index contributed by atoms with van der Waals surface area (Å²) in [5, 5.41) is 0.658. The van der Waals surface area contributed by atoms with Crippen molar-refractivity contribution in [3.63, 3.8) is 0 Å². The maximum absolute atomic E-state index is 13.4. The topological polar surface area (TPSA) is 33.5 Å². The van der Waals surface area contributed by atoms with Gasteiger partial charge in [0.15, 0.2) is 5.76 Å². The molecule has 1 amide bonds. The Morgan fingerprint density at radius 3 is 2.78 bits per heavy atom. The first-order chi connectivity index (χ1) is 11.1. The highest BCUT2D eigenvalue weighted by Crippen LogP contribution is 2.28. The summed E-state index contributed by atoms with van der Waals surface area (Å²) in [7, 11) is 0. The third-order valence-corrected chi connectivity index (χ3v) is 4.51. The summed E-state index contributed by atoms with van der Waals surface area (Å²) >= 11 is 0. The molecular weight excluding hydrogens is 293 g/mol. The molecule has 0 saturated carbocycles. The Bertz CT molecular complexity index is 913. The van der Waals surface area contributed by atoms with Gasteiger partial charge in [0, 0.05) is 24.0 Å². The van der Waals surface area contributed by atoms with E-state index in [2.05, 4.69) is 12.1 Å². The van der Waals surface area contributed by atoms with Crippen molar-refractivity contribution in [1.82, 2.24) is 4.90 Å². The summed E-state index contributed by atoms with van der Waals surface area (Å²) in [4.78, 5) is 14.6. The Labute approximate surface area is 133 Å². The minimum Gasteiger partial charge on any atom is -0.451 e. The molecule has 0 fully saturated rings. The van der Waals surface area contributed by atoms with Crippen LogP contribution in [-0.2, 0) is 13.0 Å². The van der Waals surface area contributed by atoms with E-state index in [-0.39, 0.29) is 11.7 Å². The Hall–Kier alpha value is -2.62. The average Bonchev–Trinajstić information content (AvgIpc) is 2.90. The van der Waals surface area contributed by atoms with E-state index in [1.807, 2.05) is 12.1 Å². The average molecular weight is 309 g/mol. The minimum absolute atomic E-state index is 0.131. The van der Waals surface area contributed by atoms with Crippen molar-refractivity contribution < 1.29 is 13.6 Å². The van der Waals surface area contributed by atoms with Crippen LogP contribution in [0.5, 0.6) is 0 Å². The molecule has 116 valence electrons. The van der Waals surface area contributed by atoms with Gasteiger partial charge in [-0.1, -0.05) is 24.3 Å². The molecule has 4 rings (SSSR count). The number of hydrogen-bond donors (Lipinski definition) is 0. The summed E-state index contributed by atoms with van der Waals surface area (Å²) in [5.41, 5.74) is 3.71.